The van der Waals surface area contributed by atoms with Gasteiger partial charge in [0.05, 0.1) is 18.8 Å². The summed E-state index contributed by atoms with van der Waals surface area (Å²) in [6.45, 7) is 4.09. The highest BCUT2D eigenvalue weighted by molar-refractivity contribution is 5.46. The standard InChI is InChI=1S/C14H20N2O3/c1-10-2-3-12(13(15)16-10)19-11-4-6-18-14(8-11)5-7-17-9-14/h2-3,11H,4-9H2,1H3,(H2,15,16). The van der Waals surface area contributed by atoms with Gasteiger partial charge >= 0.3 is 0 Å². The first kappa shape index (κ1) is 12.7. The molecule has 2 atom stereocenters. The van der Waals surface area contributed by atoms with E-state index in [1.165, 1.54) is 0 Å². The number of nitrogen functional groups attached to an aromatic ring is 1. The normalized spacial score (nSPS) is 30.7. The quantitative estimate of drug-likeness (QED) is 0.880. The number of hydrogen-bond acceptors (Lipinski definition) is 5. The maximum absolute atomic E-state index is 6.00. The molecule has 5 heteroatoms. The molecule has 3 heterocycles. The molecule has 1 spiro atoms. The molecule has 2 fully saturated rings. The lowest BCUT2D eigenvalue weighted by molar-refractivity contribution is -0.112. The summed E-state index contributed by atoms with van der Waals surface area (Å²) < 4.78 is 17.4. The van der Waals surface area contributed by atoms with Gasteiger partial charge in [0, 0.05) is 31.6 Å². The minimum atomic E-state index is -0.143. The van der Waals surface area contributed by atoms with Crippen molar-refractivity contribution in [2.24, 2.45) is 0 Å². The molecule has 2 aliphatic heterocycles. The van der Waals surface area contributed by atoms with Crippen molar-refractivity contribution < 1.29 is 14.2 Å². The average Bonchev–Trinajstić information content (AvgIpc) is 2.81. The lowest BCUT2D eigenvalue weighted by Crippen LogP contribution is -2.44. The lowest BCUT2D eigenvalue weighted by atomic mass is 9.91. The van der Waals surface area contributed by atoms with Crippen molar-refractivity contribution in [1.29, 1.82) is 0 Å². The van der Waals surface area contributed by atoms with Gasteiger partial charge in [-0.1, -0.05) is 0 Å². The van der Waals surface area contributed by atoms with Crippen molar-refractivity contribution in [2.45, 2.75) is 37.9 Å². The van der Waals surface area contributed by atoms with E-state index in [1.807, 2.05) is 19.1 Å². The summed E-state index contributed by atoms with van der Waals surface area (Å²) in [7, 11) is 0. The summed E-state index contributed by atoms with van der Waals surface area (Å²) in [5.74, 6) is 1.13. The third kappa shape index (κ3) is 2.67. The molecule has 2 unspecified atom stereocenters. The molecule has 104 valence electrons. The fourth-order valence-electron chi connectivity index (χ4n) is 2.79. The first-order valence-corrected chi connectivity index (χ1v) is 6.78. The first-order chi connectivity index (χ1) is 9.17. The van der Waals surface area contributed by atoms with E-state index in [4.69, 9.17) is 19.9 Å². The van der Waals surface area contributed by atoms with E-state index < -0.39 is 0 Å². The zero-order valence-electron chi connectivity index (χ0n) is 11.2. The number of hydrogen-bond donors (Lipinski definition) is 1. The van der Waals surface area contributed by atoms with Crippen LogP contribution in [-0.4, -0.2) is 36.5 Å². The minimum absolute atomic E-state index is 0.127. The second kappa shape index (κ2) is 4.98. The van der Waals surface area contributed by atoms with Crippen LogP contribution in [0, 0.1) is 6.92 Å². The van der Waals surface area contributed by atoms with E-state index in [0.29, 0.717) is 24.8 Å². The van der Waals surface area contributed by atoms with Crippen LogP contribution in [0.2, 0.25) is 0 Å². The van der Waals surface area contributed by atoms with Gasteiger partial charge in [0.25, 0.3) is 0 Å². The van der Waals surface area contributed by atoms with Crippen molar-refractivity contribution in [3.63, 3.8) is 0 Å². The van der Waals surface area contributed by atoms with Gasteiger partial charge in [-0.2, -0.15) is 0 Å². The molecule has 1 aromatic rings. The lowest BCUT2D eigenvalue weighted by Gasteiger charge is -2.37. The summed E-state index contributed by atoms with van der Waals surface area (Å²) in [5.41, 5.74) is 6.65. The topological polar surface area (TPSA) is 66.6 Å². The van der Waals surface area contributed by atoms with Crippen LogP contribution < -0.4 is 10.5 Å². The minimum Gasteiger partial charge on any atom is -0.486 e. The molecule has 2 saturated heterocycles. The van der Waals surface area contributed by atoms with Crippen LogP contribution in [0.1, 0.15) is 25.0 Å². The summed E-state index contributed by atoms with van der Waals surface area (Å²) in [5, 5.41) is 0. The van der Waals surface area contributed by atoms with E-state index in [2.05, 4.69) is 4.98 Å². The Labute approximate surface area is 113 Å². The van der Waals surface area contributed by atoms with E-state index in [-0.39, 0.29) is 11.7 Å². The van der Waals surface area contributed by atoms with Gasteiger partial charge in [-0.25, -0.2) is 4.98 Å². The molecule has 0 bridgehead atoms. The Morgan fingerprint density at radius 2 is 2.32 bits per heavy atom. The predicted octanol–water partition coefficient (Wildman–Crippen LogP) is 1.69. The van der Waals surface area contributed by atoms with Crippen molar-refractivity contribution in [2.75, 3.05) is 25.6 Å². The molecular formula is C14H20N2O3. The van der Waals surface area contributed by atoms with Crippen LogP contribution in [-0.2, 0) is 9.47 Å². The molecule has 0 saturated carbocycles. The fourth-order valence-corrected chi connectivity index (χ4v) is 2.79. The number of nitrogens with two attached hydrogens (primary N) is 1. The first-order valence-electron chi connectivity index (χ1n) is 6.78. The van der Waals surface area contributed by atoms with Crippen molar-refractivity contribution in [3.8, 4) is 5.75 Å². The number of aryl methyl sites for hydroxylation is 1. The van der Waals surface area contributed by atoms with Crippen LogP contribution >= 0.6 is 0 Å². The predicted molar refractivity (Wildman–Crippen MR) is 71.2 cm³/mol. The van der Waals surface area contributed by atoms with Crippen molar-refractivity contribution in [1.82, 2.24) is 4.98 Å². The average molecular weight is 264 g/mol. The molecule has 19 heavy (non-hydrogen) atoms. The Hall–Kier alpha value is -1.33. The highest BCUT2D eigenvalue weighted by atomic mass is 16.6. The number of nitrogens with zero attached hydrogens (tertiary/aromatic N) is 1. The zero-order chi connectivity index (χ0) is 13.3. The molecule has 0 amide bonds. The number of anilines is 1. The van der Waals surface area contributed by atoms with Crippen LogP contribution in [0.5, 0.6) is 5.75 Å². The third-order valence-electron chi connectivity index (χ3n) is 3.83. The van der Waals surface area contributed by atoms with Gasteiger partial charge in [0.1, 0.15) is 6.10 Å². The summed E-state index contributed by atoms with van der Waals surface area (Å²) >= 11 is 0. The Morgan fingerprint density at radius 1 is 1.42 bits per heavy atom. The van der Waals surface area contributed by atoms with Gasteiger partial charge in [-0.05, 0) is 19.1 Å². The van der Waals surface area contributed by atoms with Crippen LogP contribution in [0.3, 0.4) is 0 Å². The fraction of sp³-hybridized carbons (Fsp3) is 0.643. The van der Waals surface area contributed by atoms with Gasteiger partial charge in [-0.15, -0.1) is 0 Å². The third-order valence-corrected chi connectivity index (χ3v) is 3.83. The molecule has 0 radical (unpaired) electrons. The zero-order valence-corrected chi connectivity index (χ0v) is 11.2. The number of aromatic nitrogens is 1. The van der Waals surface area contributed by atoms with Crippen LogP contribution in [0.15, 0.2) is 12.1 Å². The number of pyridine rings is 1. The highest BCUT2D eigenvalue weighted by Gasteiger charge is 2.41. The second-order valence-electron chi connectivity index (χ2n) is 5.40. The van der Waals surface area contributed by atoms with Gasteiger partial charge in [-0.3, -0.25) is 0 Å². The largest absolute Gasteiger partial charge is 0.486 e. The Balaban J connectivity index is 1.69. The summed E-state index contributed by atoms with van der Waals surface area (Å²) in [6, 6.07) is 3.81. The SMILES string of the molecule is Cc1ccc(OC2CCOC3(CCOC3)C2)c(N)n1. The second-order valence-corrected chi connectivity index (χ2v) is 5.40. The molecule has 5 nitrogen and oxygen atoms in total. The van der Waals surface area contributed by atoms with Crippen molar-refractivity contribution >= 4 is 5.82 Å². The van der Waals surface area contributed by atoms with Gasteiger partial charge in [0.2, 0.25) is 0 Å². The van der Waals surface area contributed by atoms with Crippen LogP contribution in [0.25, 0.3) is 0 Å². The van der Waals surface area contributed by atoms with Gasteiger partial charge in [0.15, 0.2) is 11.6 Å². The Bertz CT molecular complexity index is 458. The van der Waals surface area contributed by atoms with Gasteiger partial charge < -0.3 is 19.9 Å². The molecule has 3 rings (SSSR count). The highest BCUT2D eigenvalue weighted by Crippen LogP contribution is 2.35. The molecule has 1 aromatic heterocycles. The van der Waals surface area contributed by atoms with Crippen LogP contribution in [0.4, 0.5) is 5.82 Å². The smallest absolute Gasteiger partial charge is 0.166 e. The van der Waals surface area contributed by atoms with E-state index in [0.717, 1.165) is 31.6 Å². The van der Waals surface area contributed by atoms with E-state index >= 15 is 0 Å². The van der Waals surface area contributed by atoms with Crippen molar-refractivity contribution in [3.05, 3.63) is 17.8 Å². The summed E-state index contributed by atoms with van der Waals surface area (Å²) in [6.07, 6.45) is 2.83. The maximum Gasteiger partial charge on any atom is 0.166 e. The molecule has 2 N–H and O–H groups in total. The maximum atomic E-state index is 6.00. The molecule has 0 aliphatic carbocycles. The molecular weight excluding hydrogens is 244 g/mol. The number of rotatable bonds is 2. The van der Waals surface area contributed by atoms with E-state index in [1.54, 1.807) is 0 Å². The number of ether oxygens (including phenoxy) is 3. The monoisotopic (exact) mass is 264 g/mol. The molecule has 2 aliphatic rings. The summed E-state index contributed by atoms with van der Waals surface area (Å²) in [4.78, 5) is 4.22. The molecule has 0 aromatic carbocycles. The van der Waals surface area contributed by atoms with E-state index in [9.17, 15) is 0 Å². The Kier molecular flexibility index (Phi) is 3.33. The Morgan fingerprint density at radius 3 is 3.05 bits per heavy atom.